The number of hydrogen-bond acceptors (Lipinski definition) is 3. The zero-order chi connectivity index (χ0) is 13.1. The highest BCUT2D eigenvalue weighted by molar-refractivity contribution is 5.62. The van der Waals surface area contributed by atoms with Crippen LogP contribution < -0.4 is 5.32 Å². The smallest absolute Gasteiger partial charge is 0.123 e. The second-order valence-electron chi connectivity index (χ2n) is 4.84. The SMILES string of the molecule is Fc1cccc(-c2nccnc2C2CCCNC2)c1. The van der Waals surface area contributed by atoms with Crippen LogP contribution in [-0.4, -0.2) is 23.1 Å². The van der Waals surface area contributed by atoms with Gasteiger partial charge in [-0.3, -0.25) is 9.97 Å². The van der Waals surface area contributed by atoms with E-state index in [1.165, 1.54) is 12.1 Å². The third kappa shape index (κ3) is 2.63. The zero-order valence-corrected chi connectivity index (χ0v) is 10.6. The van der Waals surface area contributed by atoms with E-state index in [1.54, 1.807) is 18.5 Å². The number of aromatic nitrogens is 2. The lowest BCUT2D eigenvalue weighted by Gasteiger charge is -2.23. The summed E-state index contributed by atoms with van der Waals surface area (Å²) in [5, 5.41) is 3.38. The van der Waals surface area contributed by atoms with Crippen LogP contribution in [0, 0.1) is 5.82 Å². The molecule has 4 heteroatoms. The Morgan fingerprint density at radius 1 is 1.21 bits per heavy atom. The summed E-state index contributed by atoms with van der Waals surface area (Å²) in [6.45, 7) is 1.98. The molecule has 1 aliphatic rings. The average Bonchev–Trinajstić information content (AvgIpc) is 2.48. The minimum Gasteiger partial charge on any atom is -0.316 e. The minimum atomic E-state index is -0.240. The van der Waals surface area contributed by atoms with Crippen molar-refractivity contribution in [1.82, 2.24) is 15.3 Å². The van der Waals surface area contributed by atoms with Crippen molar-refractivity contribution in [1.29, 1.82) is 0 Å². The number of piperidine rings is 1. The van der Waals surface area contributed by atoms with Crippen LogP contribution in [0.3, 0.4) is 0 Å². The molecule has 3 nitrogen and oxygen atoms in total. The van der Waals surface area contributed by atoms with E-state index in [0.717, 1.165) is 42.9 Å². The summed E-state index contributed by atoms with van der Waals surface area (Å²) in [7, 11) is 0. The Labute approximate surface area is 111 Å². The summed E-state index contributed by atoms with van der Waals surface area (Å²) in [5.41, 5.74) is 2.57. The Kier molecular flexibility index (Phi) is 3.51. The summed E-state index contributed by atoms with van der Waals surface area (Å²) in [6.07, 6.45) is 5.63. The molecule has 2 heterocycles. The predicted octanol–water partition coefficient (Wildman–Crippen LogP) is 2.75. The highest BCUT2D eigenvalue weighted by Crippen LogP contribution is 2.29. The molecule has 0 aliphatic carbocycles. The van der Waals surface area contributed by atoms with Crippen LogP contribution in [0.5, 0.6) is 0 Å². The second-order valence-corrected chi connectivity index (χ2v) is 4.84. The Balaban J connectivity index is 2.01. The van der Waals surface area contributed by atoms with E-state index in [0.29, 0.717) is 5.92 Å². The molecular formula is C15H16FN3. The molecule has 0 saturated carbocycles. The van der Waals surface area contributed by atoms with Gasteiger partial charge in [0.2, 0.25) is 0 Å². The van der Waals surface area contributed by atoms with E-state index in [9.17, 15) is 4.39 Å². The molecule has 1 aliphatic heterocycles. The van der Waals surface area contributed by atoms with Crippen LogP contribution in [0.4, 0.5) is 4.39 Å². The van der Waals surface area contributed by atoms with E-state index in [2.05, 4.69) is 15.3 Å². The average molecular weight is 257 g/mol. The van der Waals surface area contributed by atoms with Crippen molar-refractivity contribution in [2.24, 2.45) is 0 Å². The highest BCUT2D eigenvalue weighted by atomic mass is 19.1. The van der Waals surface area contributed by atoms with Gasteiger partial charge in [-0.2, -0.15) is 0 Å². The molecule has 1 N–H and O–H groups in total. The van der Waals surface area contributed by atoms with Crippen LogP contribution in [0.15, 0.2) is 36.7 Å². The van der Waals surface area contributed by atoms with Crippen molar-refractivity contribution >= 4 is 0 Å². The van der Waals surface area contributed by atoms with Gasteiger partial charge in [0.15, 0.2) is 0 Å². The number of benzene rings is 1. The van der Waals surface area contributed by atoms with Crippen LogP contribution in [-0.2, 0) is 0 Å². The largest absolute Gasteiger partial charge is 0.316 e. The van der Waals surface area contributed by atoms with Gasteiger partial charge in [-0.15, -0.1) is 0 Å². The first kappa shape index (κ1) is 12.2. The third-order valence-corrected chi connectivity index (χ3v) is 3.51. The second kappa shape index (κ2) is 5.45. The number of rotatable bonds is 2. The van der Waals surface area contributed by atoms with Crippen molar-refractivity contribution in [3.8, 4) is 11.3 Å². The minimum absolute atomic E-state index is 0.240. The Hall–Kier alpha value is -1.81. The number of nitrogens with one attached hydrogen (secondary N) is 1. The lowest BCUT2D eigenvalue weighted by Crippen LogP contribution is -2.29. The topological polar surface area (TPSA) is 37.8 Å². The Morgan fingerprint density at radius 3 is 2.89 bits per heavy atom. The van der Waals surface area contributed by atoms with Crippen molar-refractivity contribution in [2.45, 2.75) is 18.8 Å². The van der Waals surface area contributed by atoms with Crippen LogP contribution >= 0.6 is 0 Å². The monoisotopic (exact) mass is 257 g/mol. The fourth-order valence-corrected chi connectivity index (χ4v) is 2.59. The first-order valence-electron chi connectivity index (χ1n) is 6.62. The predicted molar refractivity (Wildman–Crippen MR) is 72.3 cm³/mol. The molecule has 1 unspecified atom stereocenters. The van der Waals surface area contributed by atoms with Gasteiger partial charge in [0, 0.05) is 30.4 Å². The van der Waals surface area contributed by atoms with E-state index < -0.39 is 0 Å². The molecule has 1 fully saturated rings. The van der Waals surface area contributed by atoms with E-state index in [4.69, 9.17) is 0 Å². The van der Waals surface area contributed by atoms with Gasteiger partial charge in [0.25, 0.3) is 0 Å². The Morgan fingerprint density at radius 2 is 2.11 bits per heavy atom. The van der Waals surface area contributed by atoms with Crippen LogP contribution in [0.2, 0.25) is 0 Å². The molecule has 98 valence electrons. The zero-order valence-electron chi connectivity index (χ0n) is 10.6. The standard InChI is InChI=1S/C15H16FN3/c16-13-5-1-3-11(9-13)14-15(19-8-7-18-14)12-4-2-6-17-10-12/h1,3,5,7-9,12,17H,2,4,6,10H2. The fraction of sp³-hybridized carbons (Fsp3) is 0.333. The molecule has 1 aromatic heterocycles. The lowest BCUT2D eigenvalue weighted by molar-refractivity contribution is 0.454. The van der Waals surface area contributed by atoms with Gasteiger partial charge in [-0.05, 0) is 31.5 Å². The number of hydrogen-bond donors (Lipinski definition) is 1. The molecule has 1 aromatic carbocycles. The van der Waals surface area contributed by atoms with Gasteiger partial charge >= 0.3 is 0 Å². The van der Waals surface area contributed by atoms with E-state index in [1.807, 2.05) is 6.07 Å². The van der Waals surface area contributed by atoms with Gasteiger partial charge < -0.3 is 5.32 Å². The lowest BCUT2D eigenvalue weighted by atomic mass is 9.92. The van der Waals surface area contributed by atoms with Crippen molar-refractivity contribution < 1.29 is 4.39 Å². The summed E-state index contributed by atoms with van der Waals surface area (Å²) in [5.74, 6) is 0.122. The number of halogens is 1. The van der Waals surface area contributed by atoms with Crippen molar-refractivity contribution in [3.05, 3.63) is 48.2 Å². The van der Waals surface area contributed by atoms with Gasteiger partial charge in [-0.1, -0.05) is 12.1 Å². The maximum atomic E-state index is 13.4. The molecule has 0 amide bonds. The van der Waals surface area contributed by atoms with Crippen molar-refractivity contribution in [2.75, 3.05) is 13.1 Å². The van der Waals surface area contributed by atoms with Gasteiger partial charge in [0.05, 0.1) is 11.4 Å². The molecule has 1 atom stereocenters. The van der Waals surface area contributed by atoms with E-state index in [-0.39, 0.29) is 5.82 Å². The maximum Gasteiger partial charge on any atom is 0.123 e. The first-order valence-corrected chi connectivity index (χ1v) is 6.62. The third-order valence-electron chi connectivity index (χ3n) is 3.51. The first-order chi connectivity index (χ1) is 9.34. The van der Waals surface area contributed by atoms with E-state index >= 15 is 0 Å². The molecular weight excluding hydrogens is 241 g/mol. The maximum absolute atomic E-state index is 13.4. The Bertz CT molecular complexity index is 565. The summed E-state index contributed by atoms with van der Waals surface area (Å²) in [4.78, 5) is 8.89. The molecule has 3 rings (SSSR count). The molecule has 2 aromatic rings. The highest BCUT2D eigenvalue weighted by Gasteiger charge is 2.21. The van der Waals surface area contributed by atoms with Crippen LogP contribution in [0.1, 0.15) is 24.5 Å². The van der Waals surface area contributed by atoms with Gasteiger partial charge in [-0.25, -0.2) is 4.39 Å². The van der Waals surface area contributed by atoms with Crippen molar-refractivity contribution in [3.63, 3.8) is 0 Å². The quantitative estimate of drug-likeness (QED) is 0.899. The molecule has 19 heavy (non-hydrogen) atoms. The molecule has 0 radical (unpaired) electrons. The summed E-state index contributed by atoms with van der Waals surface area (Å²) in [6, 6.07) is 6.56. The number of nitrogens with zero attached hydrogens (tertiary/aromatic N) is 2. The summed E-state index contributed by atoms with van der Waals surface area (Å²) >= 11 is 0. The summed E-state index contributed by atoms with van der Waals surface area (Å²) < 4.78 is 13.4. The fourth-order valence-electron chi connectivity index (χ4n) is 2.59. The molecule has 0 spiro atoms. The normalized spacial score (nSPS) is 19.3. The molecule has 1 saturated heterocycles. The molecule has 0 bridgehead atoms. The van der Waals surface area contributed by atoms with Gasteiger partial charge in [0.1, 0.15) is 5.82 Å². The van der Waals surface area contributed by atoms with Crippen LogP contribution in [0.25, 0.3) is 11.3 Å².